The van der Waals surface area contributed by atoms with Crippen LogP contribution in [0.1, 0.15) is 8.22 Å². The van der Waals surface area contributed by atoms with E-state index in [0.29, 0.717) is 29.4 Å². The van der Waals surface area contributed by atoms with Gasteiger partial charge in [0.05, 0.1) is 42.0 Å². The SMILES string of the molecule is [2H]c1c2cc3c(c1[2H])c1c([2H])c([2H])c([2H])c([2H])c1n3-c1cccc(n1)-c1cccc(c1)-c1ccccc1-c1cccc(-c3ccccc3)c1N1CN(c3cccc(c3)O2)c2ccccc21. The van der Waals surface area contributed by atoms with Crippen molar-refractivity contribution in [2.75, 3.05) is 16.5 Å². The second kappa shape index (κ2) is 13.4. The molecule has 59 heavy (non-hydrogen) atoms. The van der Waals surface area contributed by atoms with Gasteiger partial charge in [0.15, 0.2) is 0 Å². The number of aromatic nitrogens is 2. The van der Waals surface area contributed by atoms with Crippen LogP contribution >= 0.6 is 0 Å². The van der Waals surface area contributed by atoms with Gasteiger partial charge in [-0.3, -0.25) is 4.57 Å². The monoisotopic (exact) mass is 762 g/mol. The Morgan fingerprint density at radius 1 is 0.475 bits per heavy atom. The fourth-order valence-electron chi connectivity index (χ4n) is 8.75. The maximum Gasteiger partial charge on any atom is 0.138 e. The molecular formula is C54H36N4O. The number of rotatable bonds is 1. The normalized spacial score (nSPS) is 14.2. The molecule has 5 heteroatoms. The van der Waals surface area contributed by atoms with Crippen molar-refractivity contribution < 1.29 is 13.0 Å². The van der Waals surface area contributed by atoms with Crippen LogP contribution in [-0.4, -0.2) is 16.2 Å². The van der Waals surface area contributed by atoms with Crippen molar-refractivity contribution in [3.05, 3.63) is 206 Å². The van der Waals surface area contributed by atoms with Crippen molar-refractivity contribution in [3.8, 4) is 62.0 Å². The number of hydrogen-bond acceptors (Lipinski definition) is 4. The molecule has 0 saturated heterocycles. The molecule has 0 fully saturated rings. The third-order valence-electron chi connectivity index (χ3n) is 11.4. The van der Waals surface area contributed by atoms with Gasteiger partial charge in [-0.2, -0.15) is 0 Å². The fraction of sp³-hybridized carbons (Fsp3) is 0.0185. The molecule has 2 aromatic heterocycles. The number of para-hydroxylation sites is 4. The van der Waals surface area contributed by atoms with Gasteiger partial charge in [-0.15, -0.1) is 0 Å². The zero-order valence-corrected chi connectivity index (χ0v) is 31.6. The molecule has 12 rings (SSSR count). The van der Waals surface area contributed by atoms with Gasteiger partial charge in [-0.1, -0.05) is 133 Å². The first kappa shape index (κ1) is 27.7. The Balaban J connectivity index is 1.17. The third kappa shape index (κ3) is 5.43. The smallest absolute Gasteiger partial charge is 0.138 e. The molecule has 5 nitrogen and oxygen atoms in total. The number of benzene rings is 8. The van der Waals surface area contributed by atoms with Gasteiger partial charge in [0.1, 0.15) is 24.0 Å². The Hall–Kier alpha value is -7.89. The van der Waals surface area contributed by atoms with Crippen LogP contribution in [0.2, 0.25) is 0 Å². The summed E-state index contributed by atoms with van der Waals surface area (Å²) in [7, 11) is 0. The summed E-state index contributed by atoms with van der Waals surface area (Å²) in [6.45, 7) is 0.478. The highest BCUT2D eigenvalue weighted by Gasteiger charge is 2.32. The lowest BCUT2D eigenvalue weighted by Gasteiger charge is -2.28. The van der Waals surface area contributed by atoms with Gasteiger partial charge in [-0.05, 0) is 82.8 Å². The zero-order chi connectivity index (χ0) is 44.1. The molecule has 2 aliphatic heterocycles. The maximum atomic E-state index is 9.41. The molecular weight excluding hydrogens is 721 g/mol. The van der Waals surface area contributed by atoms with Crippen molar-refractivity contribution in [1.29, 1.82) is 0 Å². The van der Waals surface area contributed by atoms with Crippen LogP contribution < -0.4 is 14.5 Å². The first-order valence-corrected chi connectivity index (χ1v) is 19.6. The Labute approximate surface area is 350 Å². The molecule has 0 amide bonds. The van der Waals surface area contributed by atoms with E-state index in [1.807, 2.05) is 60.7 Å². The molecule has 4 heterocycles. The Morgan fingerprint density at radius 3 is 2.08 bits per heavy atom. The lowest BCUT2D eigenvalue weighted by atomic mass is 9.89. The van der Waals surface area contributed by atoms with Crippen molar-refractivity contribution in [3.63, 3.8) is 0 Å². The lowest BCUT2D eigenvalue weighted by molar-refractivity contribution is 0.483. The molecule has 278 valence electrons. The Morgan fingerprint density at radius 2 is 1.17 bits per heavy atom. The van der Waals surface area contributed by atoms with Crippen LogP contribution in [0.3, 0.4) is 0 Å². The van der Waals surface area contributed by atoms with E-state index in [-0.39, 0.29) is 46.2 Å². The van der Waals surface area contributed by atoms with E-state index in [1.165, 1.54) is 0 Å². The highest BCUT2D eigenvalue weighted by atomic mass is 16.5. The average molecular weight is 763 g/mol. The van der Waals surface area contributed by atoms with Crippen molar-refractivity contribution >= 4 is 44.6 Å². The van der Waals surface area contributed by atoms with Crippen molar-refractivity contribution in [1.82, 2.24) is 9.55 Å². The van der Waals surface area contributed by atoms with Crippen LogP contribution in [-0.2, 0) is 0 Å². The number of pyridine rings is 1. The average Bonchev–Trinajstić information content (AvgIpc) is 3.91. The predicted molar refractivity (Wildman–Crippen MR) is 242 cm³/mol. The Bertz CT molecular complexity index is 3610. The molecule has 0 saturated carbocycles. The standard InChI is InChI=1S/C54H36N4O/c1-2-14-36(15-3-1)43-23-12-24-47-44-21-5-4-20-42(44)37-16-10-17-38(32-37)48-25-13-29-53(55-48)58-49-26-7-6-22-45(49)46-31-30-41(34-52(46)58)59-40-19-11-18-39(33-40)56-35-57(54(43)47)51-28-9-8-27-50(51)56/h1-34H,35H2/i6D,7D,22D,26D,30D,31D. The maximum absolute atomic E-state index is 9.41. The minimum Gasteiger partial charge on any atom is -0.457 e. The summed E-state index contributed by atoms with van der Waals surface area (Å²) >= 11 is 0. The van der Waals surface area contributed by atoms with Gasteiger partial charge in [0.2, 0.25) is 0 Å². The lowest BCUT2D eigenvalue weighted by Crippen LogP contribution is -2.25. The number of anilines is 4. The van der Waals surface area contributed by atoms with Crippen molar-refractivity contribution in [2.45, 2.75) is 0 Å². The van der Waals surface area contributed by atoms with Crippen LogP contribution in [0, 0.1) is 0 Å². The van der Waals surface area contributed by atoms with E-state index in [1.54, 1.807) is 16.7 Å². The first-order chi connectivity index (χ1) is 31.7. The number of hydrogen-bond donors (Lipinski definition) is 0. The van der Waals surface area contributed by atoms with Gasteiger partial charge in [0, 0.05) is 45.3 Å². The Kier molecular flexibility index (Phi) is 6.26. The summed E-state index contributed by atoms with van der Waals surface area (Å²) in [5, 5.41) is 0.358. The van der Waals surface area contributed by atoms with E-state index in [2.05, 4.69) is 107 Å². The summed E-state index contributed by atoms with van der Waals surface area (Å²) in [4.78, 5) is 9.82. The summed E-state index contributed by atoms with van der Waals surface area (Å²) in [6, 6.07) is 55.3. The summed E-state index contributed by atoms with van der Waals surface area (Å²) in [5.74, 6) is 0.923. The molecule has 2 aliphatic rings. The highest BCUT2D eigenvalue weighted by molar-refractivity contribution is 6.09. The molecule has 8 aromatic carbocycles. The fourth-order valence-corrected chi connectivity index (χ4v) is 8.75. The molecule has 0 aliphatic carbocycles. The number of nitrogens with zero attached hydrogens (tertiary/aromatic N) is 4. The van der Waals surface area contributed by atoms with Gasteiger partial charge >= 0.3 is 0 Å². The number of ether oxygens (including phenoxy) is 1. The van der Waals surface area contributed by atoms with E-state index >= 15 is 0 Å². The van der Waals surface area contributed by atoms with E-state index in [9.17, 15) is 4.11 Å². The molecule has 0 N–H and O–H groups in total. The van der Waals surface area contributed by atoms with Crippen LogP contribution in [0.25, 0.3) is 72.3 Å². The van der Waals surface area contributed by atoms with Crippen LogP contribution in [0.4, 0.5) is 22.7 Å². The van der Waals surface area contributed by atoms with Crippen LogP contribution in [0.15, 0.2) is 206 Å². The molecule has 10 bridgehead atoms. The highest BCUT2D eigenvalue weighted by Crippen LogP contribution is 2.51. The quantitative estimate of drug-likeness (QED) is 0.167. The van der Waals surface area contributed by atoms with Gasteiger partial charge in [0.25, 0.3) is 0 Å². The largest absolute Gasteiger partial charge is 0.457 e. The summed E-state index contributed by atoms with van der Waals surface area (Å²) < 4.78 is 62.5. The van der Waals surface area contributed by atoms with Crippen LogP contribution in [0.5, 0.6) is 11.5 Å². The zero-order valence-electron chi connectivity index (χ0n) is 37.6. The van der Waals surface area contributed by atoms with E-state index < -0.39 is 12.1 Å². The molecule has 0 spiro atoms. The van der Waals surface area contributed by atoms with E-state index in [4.69, 9.17) is 13.8 Å². The molecule has 10 aromatic rings. The topological polar surface area (TPSA) is 33.5 Å². The second-order valence-corrected chi connectivity index (χ2v) is 14.7. The minimum absolute atomic E-state index is 0.0938. The molecule has 0 atom stereocenters. The van der Waals surface area contributed by atoms with Gasteiger partial charge in [-0.25, -0.2) is 4.98 Å². The third-order valence-corrected chi connectivity index (χ3v) is 11.4. The summed E-state index contributed by atoms with van der Waals surface area (Å²) in [6.07, 6.45) is 0. The van der Waals surface area contributed by atoms with E-state index in [0.717, 1.165) is 61.7 Å². The molecule has 0 unspecified atom stereocenters. The molecule has 0 radical (unpaired) electrons. The predicted octanol–water partition coefficient (Wildman–Crippen LogP) is 14.2. The van der Waals surface area contributed by atoms with Gasteiger partial charge < -0.3 is 14.5 Å². The minimum atomic E-state index is -0.419. The van der Waals surface area contributed by atoms with Crippen molar-refractivity contribution in [2.24, 2.45) is 0 Å². The second-order valence-electron chi connectivity index (χ2n) is 14.7. The number of fused-ring (bicyclic) bond motifs is 23. The first-order valence-electron chi connectivity index (χ1n) is 22.6. The summed E-state index contributed by atoms with van der Waals surface area (Å²) in [5.41, 5.74) is 12.3.